The van der Waals surface area contributed by atoms with Gasteiger partial charge in [-0.1, -0.05) is 42.5 Å². The Morgan fingerprint density at radius 1 is 1.22 bits per heavy atom. The number of halogens is 2. The lowest BCUT2D eigenvalue weighted by molar-refractivity contribution is 0.0535. The molecule has 4 heteroatoms. The second kappa shape index (κ2) is 6.05. The predicted octanol–water partition coefficient (Wildman–Crippen LogP) is 4.12. The van der Waals surface area contributed by atoms with Crippen molar-refractivity contribution in [3.63, 3.8) is 0 Å². The first-order chi connectivity index (χ1) is 8.59. The molecule has 0 saturated heterocycles. The molecular weight excluding hydrogens is 271 g/mol. The number of carbonyl (C=O) groups is 1. The van der Waals surface area contributed by atoms with Crippen molar-refractivity contribution in [2.24, 2.45) is 5.92 Å². The fourth-order valence-corrected chi connectivity index (χ4v) is 2.89. The number of hydrogen-bond acceptors (Lipinski definition) is 2. The van der Waals surface area contributed by atoms with Crippen molar-refractivity contribution in [1.29, 1.82) is 0 Å². The van der Waals surface area contributed by atoms with Crippen LogP contribution in [-0.4, -0.2) is 17.0 Å². The van der Waals surface area contributed by atoms with Gasteiger partial charge in [-0.15, -0.1) is 0 Å². The summed E-state index contributed by atoms with van der Waals surface area (Å²) in [6, 6.07) is 4.75. The molecule has 0 spiro atoms. The third-order valence-electron chi connectivity index (χ3n) is 3.56. The van der Waals surface area contributed by atoms with E-state index in [2.05, 4.69) is 0 Å². The highest BCUT2D eigenvalue weighted by Crippen LogP contribution is 2.30. The molecule has 1 aromatic rings. The van der Waals surface area contributed by atoms with Crippen molar-refractivity contribution in [3.05, 3.63) is 33.8 Å². The molecule has 98 valence electrons. The molecule has 0 aromatic heterocycles. The Morgan fingerprint density at radius 3 is 2.56 bits per heavy atom. The monoisotopic (exact) mass is 286 g/mol. The Bertz CT molecular complexity index is 439. The van der Waals surface area contributed by atoms with Crippen LogP contribution in [-0.2, 0) is 0 Å². The van der Waals surface area contributed by atoms with Gasteiger partial charge in [-0.2, -0.15) is 0 Å². The summed E-state index contributed by atoms with van der Waals surface area (Å²) >= 11 is 11.8. The quantitative estimate of drug-likeness (QED) is 0.849. The van der Waals surface area contributed by atoms with Crippen molar-refractivity contribution in [1.82, 2.24) is 0 Å². The van der Waals surface area contributed by atoms with Gasteiger partial charge >= 0.3 is 0 Å². The molecule has 0 radical (unpaired) electrons. The van der Waals surface area contributed by atoms with Crippen LogP contribution in [0.3, 0.4) is 0 Å². The van der Waals surface area contributed by atoms with Gasteiger partial charge in [0, 0.05) is 10.6 Å². The molecule has 1 aliphatic rings. The van der Waals surface area contributed by atoms with Crippen molar-refractivity contribution in [2.45, 2.75) is 38.2 Å². The van der Waals surface area contributed by atoms with Gasteiger partial charge in [0.2, 0.25) is 0 Å². The molecule has 1 N–H and O–H groups in total. The van der Waals surface area contributed by atoms with E-state index in [1.165, 1.54) is 12.5 Å². The van der Waals surface area contributed by atoms with Crippen LogP contribution in [0.25, 0.3) is 0 Å². The Labute approximate surface area is 117 Å². The van der Waals surface area contributed by atoms with Gasteiger partial charge in [0.25, 0.3) is 0 Å². The van der Waals surface area contributed by atoms with Gasteiger partial charge in [-0.05, 0) is 37.0 Å². The number of benzene rings is 1. The highest BCUT2D eigenvalue weighted by Gasteiger charge is 2.29. The van der Waals surface area contributed by atoms with Crippen LogP contribution in [0, 0.1) is 5.92 Å². The Balaban J connectivity index is 2.16. The first-order valence-electron chi connectivity index (χ1n) is 6.27. The molecule has 0 amide bonds. The van der Waals surface area contributed by atoms with Gasteiger partial charge in [0.15, 0.2) is 5.78 Å². The molecule has 1 aromatic carbocycles. The van der Waals surface area contributed by atoms with Crippen molar-refractivity contribution < 1.29 is 9.90 Å². The van der Waals surface area contributed by atoms with E-state index in [-0.39, 0.29) is 11.7 Å². The summed E-state index contributed by atoms with van der Waals surface area (Å²) in [6.45, 7) is 0. The van der Waals surface area contributed by atoms with Crippen LogP contribution >= 0.6 is 23.2 Å². The lowest BCUT2D eigenvalue weighted by atomic mass is 9.82. The summed E-state index contributed by atoms with van der Waals surface area (Å²) in [7, 11) is 0. The molecule has 1 saturated carbocycles. The van der Waals surface area contributed by atoms with Crippen LogP contribution in [0.5, 0.6) is 0 Å². The first-order valence-corrected chi connectivity index (χ1v) is 7.02. The van der Waals surface area contributed by atoms with E-state index in [1.807, 2.05) is 0 Å². The van der Waals surface area contributed by atoms with Crippen molar-refractivity contribution >= 4 is 29.0 Å². The maximum absolute atomic E-state index is 12.2. The SMILES string of the molecule is O=C(c1cc(Cl)ccc1Cl)C(O)C1CCCCC1. The molecule has 0 aliphatic heterocycles. The van der Waals surface area contributed by atoms with E-state index in [0.717, 1.165) is 25.7 Å². The minimum atomic E-state index is -0.957. The van der Waals surface area contributed by atoms with E-state index in [0.29, 0.717) is 15.6 Å². The lowest BCUT2D eigenvalue weighted by Crippen LogP contribution is -2.31. The summed E-state index contributed by atoms with van der Waals surface area (Å²) in [5.41, 5.74) is 0.322. The number of Topliss-reactive ketones (excluding diaryl/α,β-unsaturated/α-hetero) is 1. The van der Waals surface area contributed by atoms with Crippen molar-refractivity contribution in [3.8, 4) is 0 Å². The zero-order valence-corrected chi connectivity index (χ0v) is 11.5. The topological polar surface area (TPSA) is 37.3 Å². The van der Waals surface area contributed by atoms with Gasteiger partial charge in [-0.25, -0.2) is 0 Å². The average Bonchev–Trinajstić information content (AvgIpc) is 2.41. The molecule has 1 fully saturated rings. The third kappa shape index (κ3) is 3.05. The van der Waals surface area contributed by atoms with Crippen LogP contribution in [0.15, 0.2) is 18.2 Å². The minimum Gasteiger partial charge on any atom is -0.385 e. The second-order valence-corrected chi connectivity index (χ2v) is 5.67. The smallest absolute Gasteiger partial charge is 0.193 e. The zero-order chi connectivity index (χ0) is 13.1. The summed E-state index contributed by atoms with van der Waals surface area (Å²) in [6.07, 6.45) is 4.21. The van der Waals surface area contributed by atoms with Gasteiger partial charge in [0.1, 0.15) is 6.10 Å². The van der Waals surface area contributed by atoms with Crippen LogP contribution in [0.4, 0.5) is 0 Å². The van der Waals surface area contributed by atoms with E-state index in [4.69, 9.17) is 23.2 Å². The standard InChI is InChI=1S/C14H16Cl2O2/c15-10-6-7-12(16)11(8-10)14(18)13(17)9-4-2-1-3-5-9/h6-9,13,17H,1-5H2. The molecule has 1 aliphatic carbocycles. The molecule has 2 nitrogen and oxygen atoms in total. The summed E-state index contributed by atoms with van der Waals surface area (Å²) < 4.78 is 0. The third-order valence-corrected chi connectivity index (χ3v) is 4.12. The number of ketones is 1. The van der Waals surface area contributed by atoms with E-state index >= 15 is 0 Å². The highest BCUT2D eigenvalue weighted by molar-refractivity contribution is 6.36. The van der Waals surface area contributed by atoms with Crippen molar-refractivity contribution in [2.75, 3.05) is 0 Å². The van der Waals surface area contributed by atoms with Gasteiger partial charge in [-0.3, -0.25) is 4.79 Å². The predicted molar refractivity (Wildman–Crippen MR) is 73.4 cm³/mol. The fraction of sp³-hybridized carbons (Fsp3) is 0.500. The number of rotatable bonds is 3. The van der Waals surface area contributed by atoms with Gasteiger partial charge in [0.05, 0.1) is 5.02 Å². The molecule has 1 atom stereocenters. The first kappa shape index (κ1) is 13.9. The van der Waals surface area contributed by atoms with E-state index in [1.54, 1.807) is 12.1 Å². The number of aliphatic hydroxyl groups is 1. The Hall–Kier alpha value is -0.570. The van der Waals surface area contributed by atoms with Crippen LogP contribution < -0.4 is 0 Å². The fourth-order valence-electron chi connectivity index (χ4n) is 2.51. The van der Waals surface area contributed by atoms with E-state index < -0.39 is 6.10 Å². The normalized spacial score (nSPS) is 18.6. The number of aliphatic hydroxyl groups excluding tert-OH is 1. The molecule has 2 rings (SSSR count). The minimum absolute atomic E-state index is 0.0568. The Kier molecular flexibility index (Phi) is 4.66. The number of carbonyl (C=O) groups excluding carboxylic acids is 1. The molecule has 18 heavy (non-hydrogen) atoms. The summed E-state index contributed by atoms with van der Waals surface area (Å²) in [5, 5.41) is 11.0. The zero-order valence-electron chi connectivity index (χ0n) is 10.0. The van der Waals surface area contributed by atoms with Crippen LogP contribution in [0.2, 0.25) is 10.0 Å². The second-order valence-electron chi connectivity index (χ2n) is 4.83. The molecular formula is C14H16Cl2O2. The highest BCUT2D eigenvalue weighted by atomic mass is 35.5. The largest absolute Gasteiger partial charge is 0.385 e. The number of hydrogen-bond donors (Lipinski definition) is 1. The summed E-state index contributed by atoms with van der Waals surface area (Å²) in [4.78, 5) is 12.2. The molecule has 0 heterocycles. The maximum Gasteiger partial charge on any atom is 0.193 e. The average molecular weight is 287 g/mol. The lowest BCUT2D eigenvalue weighted by Gasteiger charge is -2.25. The van der Waals surface area contributed by atoms with E-state index in [9.17, 15) is 9.90 Å². The van der Waals surface area contributed by atoms with Gasteiger partial charge < -0.3 is 5.11 Å². The molecule has 0 bridgehead atoms. The molecule has 1 unspecified atom stereocenters. The summed E-state index contributed by atoms with van der Waals surface area (Å²) in [5.74, 6) is -0.254. The van der Waals surface area contributed by atoms with Crippen LogP contribution in [0.1, 0.15) is 42.5 Å². The maximum atomic E-state index is 12.2. The Morgan fingerprint density at radius 2 is 1.89 bits per heavy atom.